The molecule has 0 amide bonds. The van der Waals surface area contributed by atoms with E-state index in [1.165, 1.54) is 6.20 Å². The highest BCUT2D eigenvalue weighted by molar-refractivity contribution is 9.10. The maximum Gasteiger partial charge on any atom is 0.152 e. The van der Waals surface area contributed by atoms with E-state index < -0.39 is 0 Å². The Kier molecular flexibility index (Phi) is 7.04. The van der Waals surface area contributed by atoms with Gasteiger partial charge in [-0.2, -0.15) is 5.10 Å². The summed E-state index contributed by atoms with van der Waals surface area (Å²) in [5.74, 6) is 8.00. The molecule has 0 fully saturated rings. The van der Waals surface area contributed by atoms with Crippen molar-refractivity contribution in [2.24, 2.45) is 11.7 Å². The van der Waals surface area contributed by atoms with Gasteiger partial charge in [0.05, 0.1) is 11.7 Å². The van der Waals surface area contributed by atoms with Crippen molar-refractivity contribution in [1.82, 2.24) is 20.2 Å². The zero-order valence-electron chi connectivity index (χ0n) is 10.4. The number of carbonyl (C=O) groups is 1. The number of nitrogens with zero attached hydrogens (tertiary/aromatic N) is 3. The lowest BCUT2D eigenvalue weighted by Crippen LogP contribution is -2.02. The van der Waals surface area contributed by atoms with Gasteiger partial charge in [0.25, 0.3) is 0 Å². The number of aldehydes is 1. The van der Waals surface area contributed by atoms with E-state index in [1.54, 1.807) is 30.9 Å². The number of nitrogens with one attached hydrogen (secondary N) is 1. The Balaban J connectivity index is 0.000000178. The number of aromatic amines is 1. The Labute approximate surface area is 123 Å². The van der Waals surface area contributed by atoms with Gasteiger partial charge in [-0.05, 0) is 28.1 Å². The standard InChI is InChI=1S/C6H4BrNO.C6H5N3.H4N2/c7-6-1-2-8-3-5(6)4-9;1-2-7-3-5-4-8-9-6(1)5;1-2/h1-4H;1-4H,(H,8,9);1-2H2. The molecule has 0 aliphatic heterocycles. The first kappa shape index (κ1) is 15.9. The lowest BCUT2D eigenvalue weighted by Gasteiger charge is -1.89. The molecule has 0 aliphatic carbocycles. The number of hydrogen-bond acceptors (Lipinski definition) is 6. The number of H-pyrrole nitrogens is 1. The number of nitrogens with two attached hydrogens (primary N) is 2. The summed E-state index contributed by atoms with van der Waals surface area (Å²) in [5, 5.41) is 7.72. The first-order valence-electron chi connectivity index (χ1n) is 5.42. The molecule has 0 aromatic carbocycles. The molecule has 3 aromatic heterocycles. The van der Waals surface area contributed by atoms with E-state index >= 15 is 0 Å². The zero-order valence-corrected chi connectivity index (χ0v) is 12.0. The summed E-state index contributed by atoms with van der Waals surface area (Å²) < 4.78 is 0.785. The summed E-state index contributed by atoms with van der Waals surface area (Å²) in [6.07, 6.45) is 9.16. The Morgan fingerprint density at radius 2 is 1.80 bits per heavy atom. The number of carbonyl (C=O) groups excluding carboxylic acids is 1. The minimum atomic E-state index is 0.581. The number of hydrazine groups is 1. The van der Waals surface area contributed by atoms with E-state index in [0.717, 1.165) is 21.7 Å². The van der Waals surface area contributed by atoms with Crippen LogP contribution in [0.5, 0.6) is 0 Å². The van der Waals surface area contributed by atoms with E-state index in [1.807, 2.05) is 6.07 Å². The largest absolute Gasteiger partial charge is 0.298 e. The fourth-order valence-electron chi connectivity index (χ4n) is 1.26. The average Bonchev–Trinajstić information content (AvgIpc) is 2.99. The quantitative estimate of drug-likeness (QED) is 0.351. The Morgan fingerprint density at radius 1 is 1.10 bits per heavy atom. The van der Waals surface area contributed by atoms with Crippen LogP contribution in [0.2, 0.25) is 0 Å². The Hall–Kier alpha value is -2.16. The second kappa shape index (κ2) is 8.86. The normalized spacial score (nSPS) is 8.95. The van der Waals surface area contributed by atoms with Crippen LogP contribution in [0.15, 0.2) is 47.6 Å². The maximum atomic E-state index is 10.2. The summed E-state index contributed by atoms with van der Waals surface area (Å²) >= 11 is 3.19. The first-order chi connectivity index (χ1) is 9.81. The van der Waals surface area contributed by atoms with Gasteiger partial charge in [0.2, 0.25) is 0 Å². The molecule has 3 rings (SSSR count). The summed E-state index contributed by atoms with van der Waals surface area (Å²) in [6.45, 7) is 0. The van der Waals surface area contributed by atoms with Crippen LogP contribution >= 0.6 is 15.9 Å². The van der Waals surface area contributed by atoms with Crippen molar-refractivity contribution < 1.29 is 4.79 Å². The van der Waals surface area contributed by atoms with Crippen LogP contribution in [-0.2, 0) is 0 Å². The van der Waals surface area contributed by atoms with Gasteiger partial charge in [-0.25, -0.2) is 0 Å². The van der Waals surface area contributed by atoms with Gasteiger partial charge in [-0.15, -0.1) is 0 Å². The van der Waals surface area contributed by atoms with Crippen molar-refractivity contribution in [2.75, 3.05) is 0 Å². The fraction of sp³-hybridized carbons (Fsp3) is 0. The molecule has 0 radical (unpaired) electrons. The zero-order chi connectivity index (χ0) is 14.8. The number of halogens is 1. The van der Waals surface area contributed by atoms with E-state index in [0.29, 0.717) is 5.56 Å². The Bertz CT molecular complexity index is 627. The van der Waals surface area contributed by atoms with Gasteiger partial charge in [-0.3, -0.25) is 31.5 Å². The van der Waals surface area contributed by atoms with Crippen LogP contribution in [0.4, 0.5) is 0 Å². The number of hydrogen-bond donors (Lipinski definition) is 3. The van der Waals surface area contributed by atoms with Crippen LogP contribution in [0.25, 0.3) is 10.9 Å². The van der Waals surface area contributed by atoms with Gasteiger partial charge in [0.1, 0.15) is 0 Å². The van der Waals surface area contributed by atoms with Gasteiger partial charge in [0.15, 0.2) is 6.29 Å². The third-order valence-electron chi connectivity index (χ3n) is 2.16. The number of aromatic nitrogens is 4. The summed E-state index contributed by atoms with van der Waals surface area (Å²) in [6, 6.07) is 3.62. The SMILES string of the molecule is NN.O=Cc1cnccc1Br.c1cc2[nH]ncc2cn1. The van der Waals surface area contributed by atoms with Gasteiger partial charge < -0.3 is 0 Å². The number of rotatable bonds is 1. The molecule has 7 nitrogen and oxygen atoms in total. The molecular weight excluding hydrogens is 324 g/mol. The smallest absolute Gasteiger partial charge is 0.152 e. The first-order valence-corrected chi connectivity index (χ1v) is 6.21. The lowest BCUT2D eigenvalue weighted by atomic mass is 10.3. The predicted molar refractivity (Wildman–Crippen MR) is 79.6 cm³/mol. The molecule has 0 saturated carbocycles. The van der Waals surface area contributed by atoms with Crippen LogP contribution in [0.3, 0.4) is 0 Å². The van der Waals surface area contributed by atoms with E-state index in [9.17, 15) is 4.79 Å². The van der Waals surface area contributed by atoms with Crippen molar-refractivity contribution in [1.29, 1.82) is 0 Å². The molecule has 20 heavy (non-hydrogen) atoms. The minimum absolute atomic E-state index is 0.581. The third kappa shape index (κ3) is 4.50. The molecule has 0 saturated heterocycles. The average molecular weight is 337 g/mol. The topological polar surface area (TPSA) is 124 Å². The van der Waals surface area contributed by atoms with Crippen LogP contribution < -0.4 is 11.7 Å². The van der Waals surface area contributed by atoms with Crippen LogP contribution in [0, 0.1) is 0 Å². The van der Waals surface area contributed by atoms with Gasteiger partial charge in [-0.1, -0.05) is 0 Å². The van der Waals surface area contributed by atoms with Crippen molar-refractivity contribution in [3.8, 4) is 0 Å². The third-order valence-corrected chi connectivity index (χ3v) is 2.89. The summed E-state index contributed by atoms with van der Waals surface area (Å²) in [5.41, 5.74) is 1.61. The molecule has 0 atom stereocenters. The molecular formula is C12H13BrN6O. The predicted octanol–water partition coefficient (Wildman–Crippen LogP) is 1.43. The van der Waals surface area contributed by atoms with E-state index in [4.69, 9.17) is 0 Å². The number of pyridine rings is 2. The summed E-state index contributed by atoms with van der Waals surface area (Å²) in [7, 11) is 0. The second-order valence-corrected chi connectivity index (χ2v) is 4.20. The van der Waals surface area contributed by atoms with Crippen LogP contribution in [-0.4, -0.2) is 26.5 Å². The second-order valence-electron chi connectivity index (χ2n) is 3.35. The van der Waals surface area contributed by atoms with Crippen LogP contribution in [0.1, 0.15) is 10.4 Å². The fourth-order valence-corrected chi connectivity index (χ4v) is 1.57. The number of fused-ring (bicyclic) bond motifs is 1. The van der Waals surface area contributed by atoms with E-state index in [2.05, 4.69) is 47.8 Å². The van der Waals surface area contributed by atoms with Crippen molar-refractivity contribution in [3.05, 3.63) is 53.2 Å². The highest BCUT2D eigenvalue weighted by Gasteiger charge is 1.93. The summed E-state index contributed by atoms with van der Waals surface area (Å²) in [4.78, 5) is 17.8. The van der Waals surface area contributed by atoms with Gasteiger partial charge in [0, 0.05) is 40.2 Å². The molecule has 0 unspecified atom stereocenters. The molecule has 3 heterocycles. The molecule has 3 aromatic rings. The molecule has 104 valence electrons. The van der Waals surface area contributed by atoms with Crippen molar-refractivity contribution in [3.63, 3.8) is 0 Å². The molecule has 5 N–H and O–H groups in total. The molecule has 0 spiro atoms. The highest BCUT2D eigenvalue weighted by Crippen LogP contribution is 2.11. The van der Waals surface area contributed by atoms with E-state index in [-0.39, 0.29) is 0 Å². The minimum Gasteiger partial charge on any atom is -0.298 e. The lowest BCUT2D eigenvalue weighted by molar-refractivity contribution is 0.112. The van der Waals surface area contributed by atoms with Gasteiger partial charge >= 0.3 is 0 Å². The highest BCUT2D eigenvalue weighted by atomic mass is 79.9. The molecule has 8 heteroatoms. The van der Waals surface area contributed by atoms with Crippen molar-refractivity contribution >= 4 is 33.1 Å². The Morgan fingerprint density at radius 3 is 2.40 bits per heavy atom. The molecule has 0 aliphatic rings. The van der Waals surface area contributed by atoms with Crippen molar-refractivity contribution in [2.45, 2.75) is 0 Å². The molecule has 0 bridgehead atoms. The maximum absolute atomic E-state index is 10.2. The monoisotopic (exact) mass is 336 g/mol.